The van der Waals surface area contributed by atoms with Gasteiger partial charge < -0.3 is 4.74 Å². The monoisotopic (exact) mass is 241 g/mol. The fourth-order valence-corrected chi connectivity index (χ4v) is 2.41. The number of carbonyl (C=O) groups excluding carboxylic acids is 1. The highest BCUT2D eigenvalue weighted by molar-refractivity contribution is 6.44. The molecule has 1 atom stereocenters. The fourth-order valence-electron chi connectivity index (χ4n) is 2.41. The summed E-state index contributed by atoms with van der Waals surface area (Å²) in [7, 11) is 0. The minimum absolute atomic E-state index is 0.310. The average molecular weight is 241 g/mol. The van der Waals surface area contributed by atoms with Gasteiger partial charge in [0, 0.05) is 17.9 Å². The Morgan fingerprint density at radius 1 is 1.39 bits per heavy atom. The summed E-state index contributed by atoms with van der Waals surface area (Å²) in [5.74, 6) is 0.0515. The Morgan fingerprint density at radius 3 is 2.72 bits per heavy atom. The molecule has 3 nitrogen and oxygen atoms in total. The third-order valence-electron chi connectivity index (χ3n) is 3.46. The van der Waals surface area contributed by atoms with Crippen molar-refractivity contribution in [3.63, 3.8) is 0 Å². The van der Waals surface area contributed by atoms with Crippen LogP contribution in [0.2, 0.25) is 0 Å². The van der Waals surface area contributed by atoms with E-state index in [1.165, 1.54) is 0 Å². The van der Waals surface area contributed by atoms with Crippen molar-refractivity contribution < 1.29 is 9.53 Å². The lowest BCUT2D eigenvalue weighted by Gasteiger charge is -2.22. The number of ether oxygens (including phenoxy) is 1. The van der Waals surface area contributed by atoms with E-state index in [9.17, 15) is 4.79 Å². The first-order chi connectivity index (χ1) is 8.75. The van der Waals surface area contributed by atoms with Crippen molar-refractivity contribution in [2.45, 2.75) is 25.0 Å². The summed E-state index contributed by atoms with van der Waals surface area (Å²) in [4.78, 5) is 16.6. The maximum Gasteiger partial charge on any atom is 0.359 e. The van der Waals surface area contributed by atoms with E-state index in [-0.39, 0.29) is 5.97 Å². The number of rotatable bonds is 4. The van der Waals surface area contributed by atoms with E-state index in [4.69, 9.17) is 4.74 Å². The van der Waals surface area contributed by atoms with Gasteiger partial charge in [-0.1, -0.05) is 36.4 Å². The molecule has 1 aromatic rings. The summed E-state index contributed by atoms with van der Waals surface area (Å²) in [5, 5.41) is 0. The SMILES string of the molecule is C=CCC1(C2CC2)N=C(c2ccccc2)C(=O)O1. The molecule has 3 heteroatoms. The average Bonchev–Trinajstić information content (AvgIpc) is 3.17. The van der Waals surface area contributed by atoms with Crippen molar-refractivity contribution in [3.8, 4) is 0 Å². The van der Waals surface area contributed by atoms with E-state index >= 15 is 0 Å². The molecule has 1 fully saturated rings. The molecule has 0 bridgehead atoms. The normalized spacial score (nSPS) is 26.7. The number of nitrogens with zero attached hydrogens (tertiary/aromatic N) is 1. The molecule has 0 spiro atoms. The second-order valence-corrected chi connectivity index (χ2v) is 4.83. The summed E-state index contributed by atoms with van der Waals surface area (Å²) in [6, 6.07) is 9.49. The van der Waals surface area contributed by atoms with Crippen LogP contribution in [0.5, 0.6) is 0 Å². The first-order valence-corrected chi connectivity index (χ1v) is 6.25. The van der Waals surface area contributed by atoms with Crippen LogP contribution in [0.15, 0.2) is 48.0 Å². The number of cyclic esters (lactones) is 1. The maximum absolute atomic E-state index is 12.0. The Balaban J connectivity index is 1.99. The van der Waals surface area contributed by atoms with Gasteiger partial charge in [-0.05, 0) is 12.8 Å². The summed E-state index contributed by atoms with van der Waals surface area (Å²) in [6.07, 6.45) is 4.53. The minimum Gasteiger partial charge on any atom is -0.432 e. The van der Waals surface area contributed by atoms with E-state index in [0.717, 1.165) is 18.4 Å². The zero-order valence-electron chi connectivity index (χ0n) is 10.1. The van der Waals surface area contributed by atoms with Gasteiger partial charge in [-0.25, -0.2) is 9.79 Å². The molecule has 18 heavy (non-hydrogen) atoms. The first kappa shape index (κ1) is 11.2. The molecular weight excluding hydrogens is 226 g/mol. The lowest BCUT2D eigenvalue weighted by Crippen LogP contribution is -2.30. The van der Waals surface area contributed by atoms with Gasteiger partial charge in [0.05, 0.1) is 0 Å². The quantitative estimate of drug-likeness (QED) is 0.600. The molecular formula is C15H15NO2. The molecule has 1 saturated carbocycles. The van der Waals surface area contributed by atoms with Crippen LogP contribution in [0.25, 0.3) is 0 Å². The third-order valence-corrected chi connectivity index (χ3v) is 3.46. The molecule has 2 aliphatic rings. The van der Waals surface area contributed by atoms with Crippen LogP contribution in [0.3, 0.4) is 0 Å². The van der Waals surface area contributed by atoms with Gasteiger partial charge >= 0.3 is 5.97 Å². The molecule has 1 aliphatic heterocycles. The Morgan fingerprint density at radius 2 is 2.11 bits per heavy atom. The molecule has 0 aromatic heterocycles. The lowest BCUT2D eigenvalue weighted by atomic mass is 10.0. The number of carbonyl (C=O) groups is 1. The van der Waals surface area contributed by atoms with E-state index in [0.29, 0.717) is 18.1 Å². The van der Waals surface area contributed by atoms with Crippen molar-refractivity contribution in [1.29, 1.82) is 0 Å². The highest BCUT2D eigenvalue weighted by atomic mass is 16.6. The van der Waals surface area contributed by atoms with Crippen molar-refractivity contribution in [2.75, 3.05) is 0 Å². The van der Waals surface area contributed by atoms with Gasteiger partial charge in [0.2, 0.25) is 5.72 Å². The molecule has 0 N–H and O–H groups in total. The molecule has 1 aromatic carbocycles. The minimum atomic E-state index is -0.677. The molecule has 0 amide bonds. The van der Waals surface area contributed by atoms with E-state index in [1.807, 2.05) is 30.3 Å². The smallest absolute Gasteiger partial charge is 0.359 e. The van der Waals surface area contributed by atoms with Gasteiger partial charge in [-0.2, -0.15) is 0 Å². The maximum atomic E-state index is 12.0. The van der Waals surface area contributed by atoms with Crippen LogP contribution < -0.4 is 0 Å². The number of hydrogen-bond donors (Lipinski definition) is 0. The largest absolute Gasteiger partial charge is 0.432 e. The molecule has 3 rings (SSSR count). The predicted octanol–water partition coefficient (Wildman–Crippen LogP) is 2.71. The summed E-state index contributed by atoms with van der Waals surface area (Å²) in [5.41, 5.74) is 0.600. The van der Waals surface area contributed by atoms with Gasteiger partial charge in [-0.3, -0.25) is 0 Å². The van der Waals surface area contributed by atoms with Crippen LogP contribution in [0.4, 0.5) is 0 Å². The molecule has 0 saturated heterocycles. The number of hydrogen-bond acceptors (Lipinski definition) is 3. The number of aliphatic imine (C=N–C) groups is 1. The Kier molecular flexibility index (Phi) is 2.54. The Labute approximate surface area is 106 Å². The van der Waals surface area contributed by atoms with E-state index in [1.54, 1.807) is 6.08 Å². The van der Waals surface area contributed by atoms with Crippen molar-refractivity contribution >= 4 is 11.7 Å². The third kappa shape index (κ3) is 1.76. The zero-order chi connectivity index (χ0) is 12.6. The summed E-state index contributed by atoms with van der Waals surface area (Å²) < 4.78 is 5.57. The number of esters is 1. The van der Waals surface area contributed by atoms with Crippen molar-refractivity contribution in [2.24, 2.45) is 10.9 Å². The Hall–Kier alpha value is -1.90. The standard InChI is InChI=1S/C15H15NO2/c1-2-10-15(12-8-9-12)16-13(14(17)18-15)11-6-4-3-5-7-11/h2-7,12H,1,8-10H2. The summed E-state index contributed by atoms with van der Waals surface area (Å²) in [6.45, 7) is 3.74. The van der Waals surface area contributed by atoms with Crippen LogP contribution in [-0.4, -0.2) is 17.4 Å². The van der Waals surface area contributed by atoms with Crippen LogP contribution in [-0.2, 0) is 9.53 Å². The second kappa shape index (κ2) is 4.09. The van der Waals surface area contributed by atoms with Crippen LogP contribution in [0, 0.1) is 5.92 Å². The van der Waals surface area contributed by atoms with E-state index < -0.39 is 5.72 Å². The van der Waals surface area contributed by atoms with Gasteiger partial charge in [-0.15, -0.1) is 6.58 Å². The van der Waals surface area contributed by atoms with Crippen LogP contribution >= 0.6 is 0 Å². The molecule has 1 aliphatic carbocycles. The molecule has 0 radical (unpaired) electrons. The molecule has 1 heterocycles. The van der Waals surface area contributed by atoms with Gasteiger partial charge in [0.25, 0.3) is 0 Å². The van der Waals surface area contributed by atoms with Crippen molar-refractivity contribution in [3.05, 3.63) is 48.6 Å². The van der Waals surface area contributed by atoms with Gasteiger partial charge in [0.1, 0.15) is 0 Å². The highest BCUT2D eigenvalue weighted by Gasteiger charge is 2.52. The first-order valence-electron chi connectivity index (χ1n) is 6.25. The zero-order valence-corrected chi connectivity index (χ0v) is 10.1. The summed E-state index contributed by atoms with van der Waals surface area (Å²) >= 11 is 0. The molecule has 1 unspecified atom stereocenters. The fraction of sp³-hybridized carbons (Fsp3) is 0.333. The predicted molar refractivity (Wildman–Crippen MR) is 69.3 cm³/mol. The highest BCUT2D eigenvalue weighted by Crippen LogP contribution is 2.47. The topological polar surface area (TPSA) is 38.7 Å². The second-order valence-electron chi connectivity index (χ2n) is 4.83. The van der Waals surface area contributed by atoms with E-state index in [2.05, 4.69) is 11.6 Å². The van der Waals surface area contributed by atoms with Gasteiger partial charge in [0.15, 0.2) is 5.71 Å². The Bertz CT molecular complexity index is 517. The number of benzene rings is 1. The molecule has 92 valence electrons. The lowest BCUT2D eigenvalue weighted by molar-refractivity contribution is -0.147. The van der Waals surface area contributed by atoms with Crippen molar-refractivity contribution in [1.82, 2.24) is 0 Å². The van der Waals surface area contributed by atoms with Crippen LogP contribution in [0.1, 0.15) is 24.8 Å².